The first-order valence-electron chi connectivity index (χ1n) is 10.3. The Labute approximate surface area is 184 Å². The summed E-state index contributed by atoms with van der Waals surface area (Å²) in [5.74, 6) is 0. The highest BCUT2D eigenvalue weighted by atomic mass is 16.3. The van der Waals surface area contributed by atoms with Crippen molar-refractivity contribution in [3.8, 4) is 0 Å². The molecule has 8 heteroatoms. The van der Waals surface area contributed by atoms with Gasteiger partial charge in [-0.25, -0.2) is 15.0 Å². The van der Waals surface area contributed by atoms with Gasteiger partial charge in [0.25, 0.3) is 0 Å². The van der Waals surface area contributed by atoms with E-state index in [1.54, 1.807) is 6.20 Å². The number of aryl methyl sites for hydroxylation is 1. The zero-order valence-corrected chi connectivity index (χ0v) is 17.5. The highest BCUT2D eigenvalue weighted by Crippen LogP contribution is 2.28. The van der Waals surface area contributed by atoms with Crippen LogP contribution in [0.1, 0.15) is 23.2 Å². The van der Waals surface area contributed by atoms with Gasteiger partial charge in [-0.1, -0.05) is 24.3 Å². The van der Waals surface area contributed by atoms with Crippen LogP contribution in [-0.4, -0.2) is 25.0 Å². The van der Waals surface area contributed by atoms with Crippen molar-refractivity contribution < 1.29 is 5.11 Å². The predicted molar refractivity (Wildman–Crippen MR) is 127 cm³/mol. The fraction of sp³-hybridized carbons (Fsp3) is 0.125. The zero-order chi connectivity index (χ0) is 22.1. The molecule has 8 nitrogen and oxygen atoms in total. The van der Waals surface area contributed by atoms with Crippen molar-refractivity contribution in [3.05, 3.63) is 83.9 Å². The van der Waals surface area contributed by atoms with Crippen LogP contribution >= 0.6 is 0 Å². The number of aromatic amines is 1. The van der Waals surface area contributed by atoms with Gasteiger partial charge in [0.1, 0.15) is 5.52 Å². The molecule has 0 aliphatic carbocycles. The Balaban J connectivity index is 1.42. The van der Waals surface area contributed by atoms with E-state index in [0.717, 1.165) is 39.2 Å². The number of H-pyrrole nitrogens is 1. The molecule has 1 atom stereocenters. The molecule has 0 bridgehead atoms. The minimum atomic E-state index is -0.864. The molecule has 1 unspecified atom stereocenters. The topological polar surface area (TPSA) is 125 Å². The first-order chi connectivity index (χ1) is 15.6. The average Bonchev–Trinajstić information content (AvgIpc) is 3.27. The minimum Gasteiger partial charge on any atom is -0.369 e. The van der Waals surface area contributed by atoms with Gasteiger partial charge in [0.2, 0.25) is 0 Å². The maximum absolute atomic E-state index is 10.8. The SMILES string of the molecule is Cc1cc(Nc2cccc(NC(O)c3cccc4cc[nH]c34)c2)c2ncc(CN)nc2n1. The number of benzene rings is 2. The van der Waals surface area contributed by atoms with Crippen LogP contribution in [0.5, 0.6) is 0 Å². The maximum atomic E-state index is 10.8. The van der Waals surface area contributed by atoms with E-state index in [9.17, 15) is 5.11 Å². The van der Waals surface area contributed by atoms with E-state index >= 15 is 0 Å². The molecule has 5 aromatic rings. The minimum absolute atomic E-state index is 0.313. The predicted octanol–water partition coefficient (Wildman–Crippen LogP) is 4.12. The third kappa shape index (κ3) is 3.84. The third-order valence-corrected chi connectivity index (χ3v) is 5.26. The summed E-state index contributed by atoms with van der Waals surface area (Å²) < 4.78 is 0. The van der Waals surface area contributed by atoms with Gasteiger partial charge in [-0.15, -0.1) is 0 Å². The average molecular weight is 425 g/mol. The molecule has 0 spiro atoms. The summed E-state index contributed by atoms with van der Waals surface area (Å²) in [6, 6.07) is 17.5. The molecule has 0 aliphatic heterocycles. The number of pyridine rings is 1. The lowest BCUT2D eigenvalue weighted by Gasteiger charge is -2.17. The molecule has 0 fully saturated rings. The first kappa shape index (κ1) is 19.9. The molecule has 0 radical (unpaired) electrons. The van der Waals surface area contributed by atoms with Crippen molar-refractivity contribution >= 4 is 39.1 Å². The van der Waals surface area contributed by atoms with Crippen molar-refractivity contribution in [1.29, 1.82) is 0 Å². The van der Waals surface area contributed by atoms with Crippen molar-refractivity contribution in [1.82, 2.24) is 19.9 Å². The lowest BCUT2D eigenvalue weighted by Crippen LogP contribution is -2.10. The van der Waals surface area contributed by atoms with E-state index in [0.29, 0.717) is 23.4 Å². The maximum Gasteiger partial charge on any atom is 0.180 e. The number of nitrogens with two attached hydrogens (primary N) is 1. The van der Waals surface area contributed by atoms with E-state index in [1.165, 1.54) is 0 Å². The second-order valence-corrected chi connectivity index (χ2v) is 7.59. The molecule has 0 saturated carbocycles. The molecule has 0 aliphatic rings. The Morgan fingerprint density at radius 2 is 1.91 bits per heavy atom. The number of aliphatic hydroxyl groups excluding tert-OH is 1. The molecule has 160 valence electrons. The molecular weight excluding hydrogens is 402 g/mol. The Hall–Kier alpha value is -4.01. The fourth-order valence-electron chi connectivity index (χ4n) is 3.77. The van der Waals surface area contributed by atoms with Crippen molar-refractivity contribution in [3.63, 3.8) is 0 Å². The first-order valence-corrected chi connectivity index (χ1v) is 10.3. The highest BCUT2D eigenvalue weighted by Gasteiger charge is 2.13. The quantitative estimate of drug-likeness (QED) is 0.259. The summed E-state index contributed by atoms with van der Waals surface area (Å²) in [5, 5.41) is 18.4. The van der Waals surface area contributed by atoms with Gasteiger partial charge < -0.3 is 26.5 Å². The van der Waals surface area contributed by atoms with Crippen molar-refractivity contribution in [2.45, 2.75) is 19.7 Å². The number of nitrogens with one attached hydrogen (secondary N) is 3. The number of aliphatic hydroxyl groups is 1. The summed E-state index contributed by atoms with van der Waals surface area (Å²) >= 11 is 0. The summed E-state index contributed by atoms with van der Waals surface area (Å²) in [4.78, 5) is 16.6. The van der Waals surface area contributed by atoms with Crippen LogP contribution in [0.25, 0.3) is 22.1 Å². The number of anilines is 3. The van der Waals surface area contributed by atoms with Gasteiger partial charge in [-0.2, -0.15) is 0 Å². The van der Waals surface area contributed by atoms with E-state index in [-0.39, 0.29) is 0 Å². The van der Waals surface area contributed by atoms with E-state index in [1.807, 2.05) is 67.7 Å². The second-order valence-electron chi connectivity index (χ2n) is 7.59. The summed E-state index contributed by atoms with van der Waals surface area (Å²) in [7, 11) is 0. The van der Waals surface area contributed by atoms with Gasteiger partial charge >= 0.3 is 0 Å². The number of hydrogen-bond donors (Lipinski definition) is 5. The number of rotatable bonds is 6. The lowest BCUT2D eigenvalue weighted by atomic mass is 10.1. The van der Waals surface area contributed by atoms with Crippen LogP contribution < -0.4 is 16.4 Å². The number of aromatic nitrogens is 4. The monoisotopic (exact) mass is 425 g/mol. The van der Waals surface area contributed by atoms with E-state index < -0.39 is 6.23 Å². The number of para-hydroxylation sites is 1. The molecule has 2 aromatic carbocycles. The number of fused-ring (bicyclic) bond motifs is 2. The molecule has 3 aromatic heterocycles. The highest BCUT2D eigenvalue weighted by molar-refractivity contribution is 5.88. The van der Waals surface area contributed by atoms with Gasteiger partial charge in [0.05, 0.1) is 23.1 Å². The Morgan fingerprint density at radius 3 is 2.78 bits per heavy atom. The molecule has 0 saturated heterocycles. The van der Waals surface area contributed by atoms with Gasteiger partial charge in [0.15, 0.2) is 11.9 Å². The second kappa shape index (κ2) is 8.26. The van der Waals surface area contributed by atoms with Crippen LogP contribution in [0.2, 0.25) is 0 Å². The Morgan fingerprint density at radius 1 is 1.06 bits per heavy atom. The molecule has 0 amide bonds. The van der Waals surface area contributed by atoms with Gasteiger partial charge in [0, 0.05) is 35.4 Å². The van der Waals surface area contributed by atoms with E-state index in [4.69, 9.17) is 5.73 Å². The van der Waals surface area contributed by atoms with Crippen molar-refractivity contribution in [2.75, 3.05) is 10.6 Å². The fourth-order valence-corrected chi connectivity index (χ4v) is 3.77. The van der Waals surface area contributed by atoms with Crippen LogP contribution in [0, 0.1) is 6.92 Å². The van der Waals surface area contributed by atoms with Gasteiger partial charge in [-0.05, 0) is 42.6 Å². The summed E-state index contributed by atoms with van der Waals surface area (Å²) in [5.41, 5.74) is 12.6. The third-order valence-electron chi connectivity index (χ3n) is 5.26. The van der Waals surface area contributed by atoms with Crippen LogP contribution in [0.15, 0.2) is 67.0 Å². The van der Waals surface area contributed by atoms with E-state index in [2.05, 4.69) is 30.6 Å². The number of hydrogen-bond acceptors (Lipinski definition) is 7. The summed E-state index contributed by atoms with van der Waals surface area (Å²) in [6.07, 6.45) is 2.67. The molecule has 5 rings (SSSR count). The molecular formula is C24H23N7O. The van der Waals surface area contributed by atoms with Crippen LogP contribution in [-0.2, 0) is 6.54 Å². The Bertz CT molecular complexity index is 1410. The molecule has 3 heterocycles. The summed E-state index contributed by atoms with van der Waals surface area (Å²) in [6.45, 7) is 2.23. The lowest BCUT2D eigenvalue weighted by molar-refractivity contribution is 0.209. The van der Waals surface area contributed by atoms with Crippen LogP contribution in [0.4, 0.5) is 17.1 Å². The smallest absolute Gasteiger partial charge is 0.180 e. The molecule has 6 N–H and O–H groups in total. The Kier molecular flexibility index (Phi) is 5.14. The van der Waals surface area contributed by atoms with Gasteiger partial charge in [-0.3, -0.25) is 0 Å². The van der Waals surface area contributed by atoms with Crippen LogP contribution in [0.3, 0.4) is 0 Å². The normalized spacial score (nSPS) is 12.2. The zero-order valence-electron chi connectivity index (χ0n) is 17.5. The van der Waals surface area contributed by atoms with Crippen molar-refractivity contribution in [2.24, 2.45) is 5.73 Å². The number of nitrogens with zero attached hydrogens (tertiary/aromatic N) is 3. The standard InChI is InChI=1S/C24H23N7O/c1-14-10-20(22-23(28-14)30-18(12-25)13-27-22)29-16-5-3-6-17(11-16)31-24(32)19-7-2-4-15-8-9-26-21(15)19/h2-11,13,24,26,31-32H,12,25H2,1H3,(H,28,29,30). The largest absolute Gasteiger partial charge is 0.369 e. The molecule has 32 heavy (non-hydrogen) atoms.